The fourth-order valence-electron chi connectivity index (χ4n) is 1.64. The van der Waals surface area contributed by atoms with Crippen molar-refractivity contribution in [2.75, 3.05) is 0 Å². The summed E-state index contributed by atoms with van der Waals surface area (Å²) in [4.78, 5) is 12.3. The number of aryl methyl sites for hydroxylation is 1. The number of rotatable bonds is 5. The molecule has 0 aliphatic rings. The summed E-state index contributed by atoms with van der Waals surface area (Å²) < 4.78 is 0. The molecule has 0 aliphatic heterocycles. The Labute approximate surface area is 115 Å². The third kappa shape index (κ3) is 3.62. The van der Waals surface area contributed by atoms with E-state index in [1.165, 1.54) is 22.5 Å². The number of thiophene rings is 1. The molecular weight excluding hydrogens is 264 g/mol. The molecule has 0 saturated carbocycles. The van der Waals surface area contributed by atoms with Crippen molar-refractivity contribution in [3.8, 4) is 0 Å². The van der Waals surface area contributed by atoms with Gasteiger partial charge in [-0.2, -0.15) is 11.8 Å². The number of hydrogen-bond acceptors (Lipinski definition) is 3. The van der Waals surface area contributed by atoms with Gasteiger partial charge in [-0.15, -0.1) is 11.3 Å². The Morgan fingerprint density at radius 3 is 2.78 bits per heavy atom. The van der Waals surface area contributed by atoms with E-state index >= 15 is 0 Å². The monoisotopic (exact) mass is 278 g/mol. The van der Waals surface area contributed by atoms with Gasteiger partial charge in [0.2, 0.25) is 0 Å². The van der Waals surface area contributed by atoms with Crippen LogP contribution in [0.3, 0.4) is 0 Å². The second kappa shape index (κ2) is 6.07. The first-order valence-electron chi connectivity index (χ1n) is 5.60. The van der Waals surface area contributed by atoms with E-state index in [1.54, 1.807) is 6.07 Å². The second-order valence-electron chi connectivity index (χ2n) is 4.05. The standard InChI is InChI=1S/C14H14O2S2/c1-10-3-2-4-11(7-10)8-17-9-12-5-6-13(18-12)14(15)16/h2-7H,8-9H2,1H3,(H,15,16). The number of aromatic carboxylic acids is 1. The molecule has 2 aromatic rings. The lowest BCUT2D eigenvalue weighted by molar-refractivity contribution is 0.0702. The highest BCUT2D eigenvalue weighted by atomic mass is 32.2. The van der Waals surface area contributed by atoms with Crippen LogP contribution in [0, 0.1) is 6.92 Å². The summed E-state index contributed by atoms with van der Waals surface area (Å²) in [5.41, 5.74) is 2.59. The van der Waals surface area contributed by atoms with Crippen LogP contribution in [0.4, 0.5) is 0 Å². The molecule has 1 aromatic heterocycles. The van der Waals surface area contributed by atoms with Crippen molar-refractivity contribution < 1.29 is 9.90 Å². The third-order valence-corrected chi connectivity index (χ3v) is 4.78. The van der Waals surface area contributed by atoms with Gasteiger partial charge in [-0.3, -0.25) is 0 Å². The van der Waals surface area contributed by atoms with Gasteiger partial charge in [0.25, 0.3) is 0 Å². The SMILES string of the molecule is Cc1cccc(CSCc2ccc(C(=O)O)s2)c1. The van der Waals surface area contributed by atoms with Crippen LogP contribution >= 0.6 is 23.1 Å². The van der Waals surface area contributed by atoms with Gasteiger partial charge in [0, 0.05) is 16.4 Å². The maximum atomic E-state index is 10.8. The van der Waals surface area contributed by atoms with Gasteiger partial charge in [-0.25, -0.2) is 4.79 Å². The molecular formula is C14H14O2S2. The quantitative estimate of drug-likeness (QED) is 0.891. The summed E-state index contributed by atoms with van der Waals surface area (Å²) in [5, 5.41) is 8.84. The van der Waals surface area contributed by atoms with E-state index in [2.05, 4.69) is 31.2 Å². The average Bonchev–Trinajstić information content (AvgIpc) is 2.78. The molecule has 0 radical (unpaired) electrons. The number of carbonyl (C=O) groups is 1. The lowest BCUT2D eigenvalue weighted by Crippen LogP contribution is -1.89. The largest absolute Gasteiger partial charge is 0.477 e. The molecule has 0 spiro atoms. The summed E-state index contributed by atoms with van der Waals surface area (Å²) >= 11 is 3.17. The fourth-order valence-corrected chi connectivity index (χ4v) is 3.58. The molecule has 0 unspecified atom stereocenters. The molecule has 1 aromatic carbocycles. The first-order chi connectivity index (χ1) is 8.65. The first kappa shape index (κ1) is 13.2. The molecule has 0 amide bonds. The Hall–Kier alpha value is -1.26. The summed E-state index contributed by atoms with van der Waals surface area (Å²) in [7, 11) is 0. The van der Waals surface area contributed by atoms with Crippen molar-refractivity contribution in [2.24, 2.45) is 0 Å². The number of hydrogen-bond donors (Lipinski definition) is 1. The van der Waals surface area contributed by atoms with Gasteiger partial charge >= 0.3 is 5.97 Å². The van der Waals surface area contributed by atoms with Crippen LogP contribution in [0.15, 0.2) is 36.4 Å². The van der Waals surface area contributed by atoms with Crippen LogP contribution in [0.2, 0.25) is 0 Å². The van der Waals surface area contributed by atoms with Gasteiger partial charge in [-0.1, -0.05) is 29.8 Å². The lowest BCUT2D eigenvalue weighted by atomic mass is 10.2. The van der Waals surface area contributed by atoms with Gasteiger partial charge in [0.15, 0.2) is 0 Å². The van der Waals surface area contributed by atoms with Gasteiger partial charge in [0.05, 0.1) is 0 Å². The predicted molar refractivity (Wildman–Crippen MR) is 77.5 cm³/mol. The summed E-state index contributed by atoms with van der Waals surface area (Å²) in [6.45, 7) is 2.09. The van der Waals surface area contributed by atoms with Crippen molar-refractivity contribution in [2.45, 2.75) is 18.4 Å². The highest BCUT2D eigenvalue weighted by Gasteiger charge is 2.06. The first-order valence-corrected chi connectivity index (χ1v) is 7.57. The molecule has 4 heteroatoms. The molecule has 18 heavy (non-hydrogen) atoms. The highest BCUT2D eigenvalue weighted by molar-refractivity contribution is 7.97. The van der Waals surface area contributed by atoms with E-state index in [4.69, 9.17) is 5.11 Å². The third-order valence-electron chi connectivity index (χ3n) is 2.47. The molecule has 0 fully saturated rings. The molecule has 94 valence electrons. The lowest BCUT2D eigenvalue weighted by Gasteiger charge is -2.01. The molecule has 0 bridgehead atoms. The van der Waals surface area contributed by atoms with Crippen LogP contribution < -0.4 is 0 Å². The predicted octanol–water partition coefficient (Wildman–Crippen LogP) is 4.19. The average molecular weight is 278 g/mol. The van der Waals surface area contributed by atoms with Crippen LogP contribution in [0.1, 0.15) is 25.7 Å². The minimum Gasteiger partial charge on any atom is -0.477 e. The molecule has 0 aliphatic carbocycles. The Balaban J connectivity index is 1.86. The van der Waals surface area contributed by atoms with Crippen molar-refractivity contribution in [3.63, 3.8) is 0 Å². The van der Waals surface area contributed by atoms with Crippen molar-refractivity contribution in [1.29, 1.82) is 0 Å². The van der Waals surface area contributed by atoms with Crippen molar-refractivity contribution in [3.05, 3.63) is 57.3 Å². The summed E-state index contributed by atoms with van der Waals surface area (Å²) in [5.74, 6) is 0.989. The number of carboxylic acids is 1. The van der Waals surface area contributed by atoms with Crippen LogP contribution in [0.5, 0.6) is 0 Å². The Kier molecular flexibility index (Phi) is 4.44. The Bertz CT molecular complexity index is 546. The van der Waals surface area contributed by atoms with Crippen LogP contribution in [-0.4, -0.2) is 11.1 Å². The molecule has 1 N–H and O–H groups in total. The molecule has 0 saturated heterocycles. The fraction of sp³-hybridized carbons (Fsp3) is 0.214. The zero-order chi connectivity index (χ0) is 13.0. The maximum absolute atomic E-state index is 10.8. The molecule has 2 rings (SSSR count). The van der Waals surface area contributed by atoms with E-state index in [9.17, 15) is 4.79 Å². The van der Waals surface area contributed by atoms with Crippen LogP contribution in [0.25, 0.3) is 0 Å². The second-order valence-corrected chi connectivity index (χ2v) is 6.21. The van der Waals surface area contributed by atoms with E-state index in [0.717, 1.165) is 16.4 Å². The maximum Gasteiger partial charge on any atom is 0.345 e. The normalized spacial score (nSPS) is 10.5. The molecule has 2 nitrogen and oxygen atoms in total. The summed E-state index contributed by atoms with van der Waals surface area (Å²) in [6, 6.07) is 12.0. The van der Waals surface area contributed by atoms with Gasteiger partial charge < -0.3 is 5.11 Å². The summed E-state index contributed by atoms with van der Waals surface area (Å²) in [6.07, 6.45) is 0. The highest BCUT2D eigenvalue weighted by Crippen LogP contribution is 2.24. The Morgan fingerprint density at radius 1 is 1.28 bits per heavy atom. The minimum absolute atomic E-state index is 0.418. The van der Waals surface area contributed by atoms with E-state index in [1.807, 2.05) is 17.8 Å². The molecule has 0 atom stereocenters. The minimum atomic E-state index is -0.838. The van der Waals surface area contributed by atoms with Crippen LogP contribution in [-0.2, 0) is 11.5 Å². The smallest absolute Gasteiger partial charge is 0.345 e. The van der Waals surface area contributed by atoms with E-state index in [-0.39, 0.29) is 0 Å². The zero-order valence-corrected chi connectivity index (χ0v) is 11.7. The van der Waals surface area contributed by atoms with E-state index < -0.39 is 5.97 Å². The van der Waals surface area contributed by atoms with E-state index in [0.29, 0.717) is 4.88 Å². The van der Waals surface area contributed by atoms with Crippen molar-refractivity contribution >= 4 is 29.1 Å². The van der Waals surface area contributed by atoms with Crippen molar-refractivity contribution in [1.82, 2.24) is 0 Å². The number of thioether (sulfide) groups is 1. The zero-order valence-electron chi connectivity index (χ0n) is 10.1. The topological polar surface area (TPSA) is 37.3 Å². The van der Waals surface area contributed by atoms with Gasteiger partial charge in [-0.05, 0) is 24.6 Å². The Morgan fingerprint density at radius 2 is 2.11 bits per heavy atom. The number of benzene rings is 1. The molecule has 1 heterocycles. The number of carboxylic acid groups (broad SMARTS) is 1. The van der Waals surface area contributed by atoms with Gasteiger partial charge in [0.1, 0.15) is 4.88 Å².